The minimum Gasteiger partial charge on any atom is -0.463 e. The van der Waals surface area contributed by atoms with Crippen LogP contribution in [0.2, 0.25) is 5.02 Å². The van der Waals surface area contributed by atoms with Gasteiger partial charge in [-0.05, 0) is 44.3 Å². The van der Waals surface area contributed by atoms with Crippen LogP contribution in [0.4, 0.5) is 10.1 Å². The maximum atomic E-state index is 13.1. The quantitative estimate of drug-likeness (QED) is 0.815. The van der Waals surface area contributed by atoms with Gasteiger partial charge in [0.1, 0.15) is 11.1 Å². The number of hydrogen-bond donors (Lipinski definition) is 1. The third-order valence-corrected chi connectivity index (χ3v) is 5.28. The topological polar surface area (TPSA) is 72.5 Å². The Balaban J connectivity index is 2.37. The lowest BCUT2D eigenvalue weighted by molar-refractivity contribution is -0.138. The summed E-state index contributed by atoms with van der Waals surface area (Å²) in [5.41, 5.74) is -0.288. The molecule has 0 radical (unpaired) electrons. The van der Waals surface area contributed by atoms with Crippen LogP contribution in [0.25, 0.3) is 0 Å². The lowest BCUT2D eigenvalue weighted by atomic mass is 9.99. The second-order valence-electron chi connectivity index (χ2n) is 4.82. The summed E-state index contributed by atoms with van der Waals surface area (Å²) in [7, 11) is -4.13. The summed E-state index contributed by atoms with van der Waals surface area (Å²) in [6, 6.07) is 3.18. The normalized spacial score (nSPS) is 21.7. The standard InChI is InChI=1S/C15H17ClFNO4S/c1-2-22-15(19)11-5-3-4-6-14(11)23(20,21)18-13-8-7-10(17)9-12(13)16/h5,7-9,14,18H,2-4,6H2,1H3/i3D2. The molecule has 2 rings (SSSR count). The fourth-order valence-electron chi connectivity index (χ4n) is 2.17. The first kappa shape index (κ1) is 15.0. The third kappa shape index (κ3) is 4.23. The van der Waals surface area contributed by atoms with Gasteiger partial charge in [-0.25, -0.2) is 17.6 Å². The molecule has 0 fully saturated rings. The molecule has 1 unspecified atom stereocenters. The Morgan fingerprint density at radius 1 is 1.57 bits per heavy atom. The smallest absolute Gasteiger partial charge is 0.335 e. The van der Waals surface area contributed by atoms with Crippen LogP contribution >= 0.6 is 11.6 Å². The van der Waals surface area contributed by atoms with Gasteiger partial charge in [-0.3, -0.25) is 4.72 Å². The second-order valence-corrected chi connectivity index (χ2v) is 7.09. The molecule has 0 aromatic heterocycles. The van der Waals surface area contributed by atoms with Crippen LogP contribution in [-0.4, -0.2) is 26.2 Å². The summed E-state index contributed by atoms with van der Waals surface area (Å²) in [5.74, 6) is -1.50. The van der Waals surface area contributed by atoms with Gasteiger partial charge in [-0.2, -0.15) is 0 Å². The van der Waals surface area contributed by atoms with Gasteiger partial charge in [0.2, 0.25) is 10.0 Å². The summed E-state index contributed by atoms with van der Waals surface area (Å²) in [6.07, 6.45) is -0.989. The van der Waals surface area contributed by atoms with E-state index >= 15 is 0 Å². The van der Waals surface area contributed by atoms with Gasteiger partial charge in [0.05, 0.1) is 22.9 Å². The Bertz CT molecular complexity index is 814. The van der Waals surface area contributed by atoms with Crippen molar-refractivity contribution in [1.29, 1.82) is 0 Å². The van der Waals surface area contributed by atoms with E-state index in [0.717, 1.165) is 18.2 Å². The molecular weight excluding hydrogens is 345 g/mol. The van der Waals surface area contributed by atoms with Crippen molar-refractivity contribution >= 4 is 33.3 Å². The van der Waals surface area contributed by atoms with Gasteiger partial charge in [0.25, 0.3) is 0 Å². The minimum atomic E-state index is -4.13. The van der Waals surface area contributed by atoms with Crippen LogP contribution < -0.4 is 4.72 Å². The molecular formula is C15H17ClFNO4S. The zero-order valence-corrected chi connectivity index (χ0v) is 13.9. The lowest BCUT2D eigenvalue weighted by Crippen LogP contribution is -2.34. The molecule has 0 heterocycles. The molecule has 1 aliphatic carbocycles. The van der Waals surface area contributed by atoms with Crippen molar-refractivity contribution in [2.75, 3.05) is 11.3 Å². The zero-order chi connectivity index (χ0) is 18.8. The highest BCUT2D eigenvalue weighted by atomic mass is 35.5. The van der Waals surface area contributed by atoms with Crippen LogP contribution in [0.3, 0.4) is 0 Å². The van der Waals surface area contributed by atoms with Crippen molar-refractivity contribution in [3.8, 4) is 0 Å². The Kier molecular flexibility index (Phi) is 4.76. The van der Waals surface area contributed by atoms with E-state index in [4.69, 9.17) is 19.1 Å². The van der Waals surface area contributed by atoms with Crippen molar-refractivity contribution in [2.24, 2.45) is 0 Å². The predicted molar refractivity (Wildman–Crippen MR) is 86.3 cm³/mol. The van der Waals surface area contributed by atoms with E-state index < -0.39 is 33.4 Å². The molecule has 1 N–H and O–H groups in total. The second kappa shape index (κ2) is 7.31. The Labute approximate surface area is 142 Å². The van der Waals surface area contributed by atoms with E-state index in [0.29, 0.717) is 0 Å². The van der Waals surface area contributed by atoms with Crippen molar-refractivity contribution in [3.05, 3.63) is 40.7 Å². The molecule has 0 saturated heterocycles. The number of anilines is 1. The van der Waals surface area contributed by atoms with E-state index in [-0.39, 0.29) is 35.7 Å². The third-order valence-electron chi connectivity index (χ3n) is 3.22. The number of hydrogen-bond acceptors (Lipinski definition) is 4. The molecule has 1 aromatic carbocycles. The maximum Gasteiger partial charge on any atom is 0.335 e. The highest BCUT2D eigenvalue weighted by Gasteiger charge is 2.35. The number of rotatable bonds is 5. The molecule has 0 saturated carbocycles. The van der Waals surface area contributed by atoms with Crippen LogP contribution in [-0.2, 0) is 19.6 Å². The monoisotopic (exact) mass is 363 g/mol. The van der Waals surface area contributed by atoms with E-state index in [1.54, 1.807) is 6.92 Å². The summed E-state index contributed by atoms with van der Waals surface area (Å²) in [5, 5.41) is -1.42. The van der Waals surface area contributed by atoms with Crippen molar-refractivity contribution in [2.45, 2.75) is 31.4 Å². The Hall–Kier alpha value is -1.60. The summed E-state index contributed by atoms with van der Waals surface area (Å²) >= 11 is 5.84. The van der Waals surface area contributed by atoms with Gasteiger partial charge < -0.3 is 4.74 Å². The van der Waals surface area contributed by atoms with Crippen LogP contribution in [0.5, 0.6) is 0 Å². The number of carbonyl (C=O) groups is 1. The molecule has 8 heteroatoms. The maximum absolute atomic E-state index is 13.1. The first-order valence-electron chi connectivity index (χ1n) is 7.92. The van der Waals surface area contributed by atoms with Gasteiger partial charge in [0, 0.05) is 2.74 Å². The van der Waals surface area contributed by atoms with Gasteiger partial charge in [0.15, 0.2) is 0 Å². The molecule has 1 atom stereocenters. The Morgan fingerprint density at radius 3 is 2.96 bits per heavy atom. The number of halogens is 2. The molecule has 1 aromatic rings. The SMILES string of the molecule is [2H]C1([2H])C=C(C(=O)OCC)C(S(=O)(=O)Nc2ccc(F)cc2Cl)CC1. The van der Waals surface area contributed by atoms with Crippen LogP contribution in [0.1, 0.15) is 28.9 Å². The first-order chi connectivity index (χ1) is 11.6. The summed E-state index contributed by atoms with van der Waals surface area (Å²) in [4.78, 5) is 12.1. The molecule has 23 heavy (non-hydrogen) atoms. The molecule has 0 amide bonds. The molecule has 0 aliphatic heterocycles. The van der Waals surface area contributed by atoms with Crippen LogP contribution in [0.15, 0.2) is 29.8 Å². The fourth-order valence-corrected chi connectivity index (χ4v) is 3.99. The average Bonchev–Trinajstić information content (AvgIpc) is 2.49. The van der Waals surface area contributed by atoms with Crippen molar-refractivity contribution in [1.82, 2.24) is 0 Å². The van der Waals surface area contributed by atoms with Crippen molar-refractivity contribution in [3.63, 3.8) is 0 Å². The summed E-state index contributed by atoms with van der Waals surface area (Å²) < 4.78 is 61.1. The van der Waals surface area contributed by atoms with E-state index in [1.807, 2.05) is 0 Å². The lowest BCUT2D eigenvalue weighted by Gasteiger charge is -2.24. The van der Waals surface area contributed by atoms with E-state index in [2.05, 4.69) is 4.72 Å². The van der Waals surface area contributed by atoms with E-state index in [1.165, 1.54) is 6.07 Å². The predicted octanol–water partition coefficient (Wildman–Crippen LogP) is 3.26. The molecule has 0 bridgehead atoms. The van der Waals surface area contributed by atoms with Gasteiger partial charge >= 0.3 is 5.97 Å². The number of sulfonamides is 1. The first-order valence-corrected chi connectivity index (χ1v) is 8.85. The average molecular weight is 364 g/mol. The fraction of sp³-hybridized carbons (Fsp3) is 0.400. The largest absolute Gasteiger partial charge is 0.463 e. The number of esters is 1. The molecule has 0 spiro atoms. The number of ether oxygens (including phenoxy) is 1. The number of nitrogens with one attached hydrogen (secondary N) is 1. The Morgan fingerprint density at radius 2 is 2.30 bits per heavy atom. The van der Waals surface area contributed by atoms with Crippen LogP contribution in [0, 0.1) is 5.82 Å². The molecule has 1 aliphatic rings. The van der Waals surface area contributed by atoms with Gasteiger partial charge in [-0.15, -0.1) is 0 Å². The highest BCUT2D eigenvalue weighted by molar-refractivity contribution is 7.93. The highest BCUT2D eigenvalue weighted by Crippen LogP contribution is 2.30. The van der Waals surface area contributed by atoms with E-state index in [9.17, 15) is 17.6 Å². The molecule has 5 nitrogen and oxygen atoms in total. The molecule has 126 valence electrons. The number of allylic oxidation sites excluding steroid dienone is 1. The number of benzene rings is 1. The number of carbonyl (C=O) groups excluding carboxylic acids is 1. The minimum absolute atomic E-state index is 0.0279. The van der Waals surface area contributed by atoms with Gasteiger partial charge in [-0.1, -0.05) is 17.7 Å². The van der Waals surface area contributed by atoms with Crippen molar-refractivity contribution < 1.29 is 25.1 Å². The summed E-state index contributed by atoms with van der Waals surface area (Å²) in [6.45, 7) is 1.60. The zero-order valence-electron chi connectivity index (χ0n) is 14.3.